The number of rotatable bonds is 6. The Kier molecular flexibility index (Phi) is 4.64. The molecular weight excluding hydrogens is 230 g/mol. The second-order valence-electron chi connectivity index (χ2n) is 3.90. The quantitative estimate of drug-likeness (QED) is 0.797. The van der Waals surface area contributed by atoms with Crippen molar-refractivity contribution in [3.05, 3.63) is 35.6 Å². The van der Waals surface area contributed by atoms with Gasteiger partial charge in [0.15, 0.2) is 0 Å². The fourth-order valence-electron chi connectivity index (χ4n) is 1.53. The Labute approximate surface area is 106 Å². The zero-order valence-electron chi connectivity index (χ0n) is 10.0. The molecule has 2 aromatic rings. The van der Waals surface area contributed by atoms with Crippen molar-refractivity contribution in [3.63, 3.8) is 0 Å². The second kappa shape index (κ2) is 6.47. The van der Waals surface area contributed by atoms with Crippen molar-refractivity contribution in [2.45, 2.75) is 26.3 Å². The third-order valence-electron chi connectivity index (χ3n) is 2.47. The highest BCUT2D eigenvalue weighted by Gasteiger charge is 2.03. The van der Waals surface area contributed by atoms with Crippen molar-refractivity contribution < 1.29 is 0 Å². The highest BCUT2D eigenvalue weighted by atomic mass is 32.1. The van der Waals surface area contributed by atoms with E-state index in [1.54, 1.807) is 17.5 Å². The number of nitrogens with zero attached hydrogens (tertiary/aromatic N) is 2. The van der Waals surface area contributed by atoms with Gasteiger partial charge in [-0.1, -0.05) is 13.3 Å². The fourth-order valence-corrected chi connectivity index (χ4v) is 2.40. The van der Waals surface area contributed by atoms with E-state index in [1.807, 2.05) is 24.5 Å². The molecule has 0 radical (unpaired) electrons. The van der Waals surface area contributed by atoms with Gasteiger partial charge < -0.3 is 5.32 Å². The maximum Gasteiger partial charge on any atom is 0.125 e. The number of nitrogens with one attached hydrogen (secondary N) is 1. The second-order valence-corrected chi connectivity index (χ2v) is 5.02. The summed E-state index contributed by atoms with van der Waals surface area (Å²) in [5, 5.41) is 4.47. The Morgan fingerprint density at radius 3 is 3.06 bits per heavy atom. The topological polar surface area (TPSA) is 37.8 Å². The molecule has 0 atom stereocenters. The first-order chi connectivity index (χ1) is 8.40. The Balaban J connectivity index is 1.92. The van der Waals surface area contributed by atoms with E-state index < -0.39 is 0 Å². The molecule has 0 fully saturated rings. The van der Waals surface area contributed by atoms with Crippen LogP contribution in [0.15, 0.2) is 30.7 Å². The predicted octanol–water partition coefficient (Wildman–Crippen LogP) is 3.09. The Bertz CT molecular complexity index is 439. The fraction of sp³-hybridized carbons (Fsp3) is 0.385. The van der Waals surface area contributed by atoms with Gasteiger partial charge in [0.05, 0.1) is 0 Å². The van der Waals surface area contributed by atoms with Crippen LogP contribution in [0.25, 0.3) is 10.6 Å². The number of unbranched alkanes of at least 4 members (excludes halogenated alkanes) is 1. The van der Waals surface area contributed by atoms with Gasteiger partial charge in [0.2, 0.25) is 0 Å². The van der Waals surface area contributed by atoms with Crippen LogP contribution in [0.5, 0.6) is 0 Å². The summed E-state index contributed by atoms with van der Waals surface area (Å²) >= 11 is 1.73. The molecule has 0 saturated carbocycles. The minimum Gasteiger partial charge on any atom is -0.312 e. The van der Waals surface area contributed by atoms with Gasteiger partial charge in [-0.3, -0.25) is 4.98 Å². The smallest absolute Gasteiger partial charge is 0.125 e. The number of hydrogen-bond acceptors (Lipinski definition) is 4. The van der Waals surface area contributed by atoms with E-state index in [1.165, 1.54) is 17.7 Å². The summed E-state index contributed by atoms with van der Waals surface area (Å²) in [6, 6.07) is 3.98. The average Bonchev–Trinajstić information content (AvgIpc) is 2.85. The lowest BCUT2D eigenvalue weighted by Gasteiger charge is -1.99. The van der Waals surface area contributed by atoms with Crippen molar-refractivity contribution in [1.29, 1.82) is 0 Å². The molecule has 2 aromatic heterocycles. The molecule has 0 aliphatic carbocycles. The molecular formula is C13H17N3S. The standard InChI is InChI=1S/C13H17N3S/c1-2-3-6-15-9-12-10-16-13(17-12)11-5-4-7-14-8-11/h4-5,7-8,10,15H,2-3,6,9H2,1H3. The minimum absolute atomic E-state index is 0.915. The van der Waals surface area contributed by atoms with E-state index >= 15 is 0 Å². The van der Waals surface area contributed by atoms with Gasteiger partial charge in [-0.15, -0.1) is 11.3 Å². The molecule has 0 unspecified atom stereocenters. The highest BCUT2D eigenvalue weighted by Crippen LogP contribution is 2.23. The number of thiazole rings is 1. The van der Waals surface area contributed by atoms with Crippen LogP contribution in [0.3, 0.4) is 0 Å². The first-order valence-electron chi connectivity index (χ1n) is 5.96. The average molecular weight is 247 g/mol. The summed E-state index contributed by atoms with van der Waals surface area (Å²) in [5.74, 6) is 0. The highest BCUT2D eigenvalue weighted by molar-refractivity contribution is 7.15. The van der Waals surface area contributed by atoms with E-state index in [9.17, 15) is 0 Å². The molecule has 4 heteroatoms. The molecule has 0 bridgehead atoms. The van der Waals surface area contributed by atoms with Crippen LogP contribution >= 0.6 is 11.3 Å². The van der Waals surface area contributed by atoms with Crippen molar-refractivity contribution in [2.24, 2.45) is 0 Å². The molecule has 17 heavy (non-hydrogen) atoms. The summed E-state index contributed by atoms with van der Waals surface area (Å²) in [5.41, 5.74) is 1.09. The molecule has 1 N–H and O–H groups in total. The normalized spacial score (nSPS) is 10.6. The maximum atomic E-state index is 4.42. The SMILES string of the molecule is CCCCNCc1cnc(-c2cccnc2)s1. The predicted molar refractivity (Wildman–Crippen MR) is 72.0 cm³/mol. The third kappa shape index (κ3) is 3.61. The van der Waals surface area contributed by atoms with E-state index in [-0.39, 0.29) is 0 Å². The van der Waals surface area contributed by atoms with Crippen LogP contribution in [0.4, 0.5) is 0 Å². The van der Waals surface area contributed by atoms with Gasteiger partial charge in [-0.05, 0) is 25.1 Å². The molecule has 0 amide bonds. The maximum absolute atomic E-state index is 4.42. The van der Waals surface area contributed by atoms with Crippen LogP contribution in [0.1, 0.15) is 24.6 Å². The van der Waals surface area contributed by atoms with Gasteiger partial charge in [-0.25, -0.2) is 4.98 Å². The molecule has 0 aliphatic heterocycles. The van der Waals surface area contributed by atoms with E-state index in [0.29, 0.717) is 0 Å². The molecule has 0 aliphatic rings. The monoisotopic (exact) mass is 247 g/mol. The van der Waals surface area contributed by atoms with E-state index in [2.05, 4.69) is 22.2 Å². The molecule has 0 saturated heterocycles. The summed E-state index contributed by atoms with van der Waals surface area (Å²) in [7, 11) is 0. The first-order valence-corrected chi connectivity index (χ1v) is 6.77. The third-order valence-corrected chi connectivity index (χ3v) is 3.51. The van der Waals surface area contributed by atoms with Crippen LogP contribution < -0.4 is 5.32 Å². The Morgan fingerprint density at radius 1 is 1.35 bits per heavy atom. The van der Waals surface area contributed by atoms with Crippen LogP contribution in [0.2, 0.25) is 0 Å². The van der Waals surface area contributed by atoms with Crippen molar-refractivity contribution in [3.8, 4) is 10.6 Å². The molecule has 3 nitrogen and oxygen atoms in total. The Hall–Kier alpha value is -1.26. The first kappa shape index (κ1) is 12.2. The molecule has 90 valence electrons. The summed E-state index contributed by atoms with van der Waals surface area (Å²) in [4.78, 5) is 9.81. The Morgan fingerprint density at radius 2 is 2.29 bits per heavy atom. The van der Waals surface area contributed by atoms with Crippen molar-refractivity contribution in [1.82, 2.24) is 15.3 Å². The van der Waals surface area contributed by atoms with Crippen molar-refractivity contribution >= 4 is 11.3 Å². The number of hydrogen-bond donors (Lipinski definition) is 1. The molecule has 2 heterocycles. The summed E-state index contributed by atoms with van der Waals surface area (Å²) in [6.07, 6.45) is 8.05. The largest absolute Gasteiger partial charge is 0.312 e. The molecule has 0 aromatic carbocycles. The van der Waals surface area contributed by atoms with Gasteiger partial charge >= 0.3 is 0 Å². The lowest BCUT2D eigenvalue weighted by Crippen LogP contribution is -2.13. The summed E-state index contributed by atoms with van der Waals surface area (Å²) in [6.45, 7) is 4.20. The van der Waals surface area contributed by atoms with Crippen LogP contribution in [0, 0.1) is 0 Å². The molecule has 2 rings (SSSR count). The lowest BCUT2D eigenvalue weighted by molar-refractivity contribution is 0.645. The van der Waals surface area contributed by atoms with Crippen LogP contribution in [-0.2, 0) is 6.54 Å². The minimum atomic E-state index is 0.915. The van der Waals surface area contributed by atoms with E-state index in [0.717, 1.165) is 23.7 Å². The van der Waals surface area contributed by atoms with Gasteiger partial charge in [0.25, 0.3) is 0 Å². The van der Waals surface area contributed by atoms with Crippen molar-refractivity contribution in [2.75, 3.05) is 6.54 Å². The van der Waals surface area contributed by atoms with Gasteiger partial charge in [-0.2, -0.15) is 0 Å². The summed E-state index contributed by atoms with van der Waals surface area (Å²) < 4.78 is 0. The molecule has 0 spiro atoms. The lowest BCUT2D eigenvalue weighted by atomic mass is 10.3. The zero-order chi connectivity index (χ0) is 11.9. The van der Waals surface area contributed by atoms with Gasteiger partial charge in [0.1, 0.15) is 5.01 Å². The van der Waals surface area contributed by atoms with E-state index in [4.69, 9.17) is 0 Å². The number of aromatic nitrogens is 2. The number of pyridine rings is 1. The zero-order valence-corrected chi connectivity index (χ0v) is 10.8. The van der Waals surface area contributed by atoms with Gasteiger partial charge in [0, 0.05) is 35.6 Å². The van der Waals surface area contributed by atoms with Crippen LogP contribution in [-0.4, -0.2) is 16.5 Å².